The summed E-state index contributed by atoms with van der Waals surface area (Å²) in [4.78, 5) is 2.47. The third-order valence-electron chi connectivity index (χ3n) is 3.81. The van der Waals surface area contributed by atoms with Crippen LogP contribution in [0.15, 0.2) is 24.3 Å². The second-order valence-electron chi connectivity index (χ2n) is 6.23. The molecule has 19 heavy (non-hydrogen) atoms. The molecule has 0 aromatic heterocycles. The minimum absolute atomic E-state index is 0.103. The number of aryl methyl sites for hydroxylation is 1. The van der Waals surface area contributed by atoms with E-state index in [2.05, 4.69) is 56.9 Å². The van der Waals surface area contributed by atoms with Crippen molar-refractivity contribution in [1.82, 2.24) is 4.90 Å². The smallest absolute Gasteiger partial charge is 0.0757 e. The van der Waals surface area contributed by atoms with Gasteiger partial charge in [0, 0.05) is 25.7 Å². The van der Waals surface area contributed by atoms with Crippen LogP contribution in [-0.2, 0) is 4.74 Å². The first-order valence-electron chi connectivity index (χ1n) is 7.10. The summed E-state index contributed by atoms with van der Waals surface area (Å²) in [7, 11) is 0. The summed E-state index contributed by atoms with van der Waals surface area (Å²) in [5.74, 6) is 0. The molecule has 0 aliphatic carbocycles. The molecule has 1 heterocycles. The van der Waals surface area contributed by atoms with Crippen molar-refractivity contribution in [3.05, 3.63) is 35.4 Å². The highest BCUT2D eigenvalue weighted by atomic mass is 16.5. The van der Waals surface area contributed by atoms with Crippen molar-refractivity contribution in [2.45, 2.75) is 45.4 Å². The van der Waals surface area contributed by atoms with Crippen molar-refractivity contribution in [3.63, 3.8) is 0 Å². The SMILES string of the molecule is Cc1ccccc1C(CN)N1CC(C)OC(C)(C)C1. The zero-order valence-electron chi connectivity index (χ0n) is 12.5. The van der Waals surface area contributed by atoms with E-state index < -0.39 is 0 Å². The molecule has 0 amide bonds. The maximum atomic E-state index is 6.06. The Morgan fingerprint density at radius 2 is 2.11 bits per heavy atom. The number of nitrogens with zero attached hydrogens (tertiary/aromatic N) is 1. The summed E-state index contributed by atoms with van der Waals surface area (Å²) >= 11 is 0. The van der Waals surface area contributed by atoms with Crippen LogP contribution in [0.5, 0.6) is 0 Å². The Bertz CT molecular complexity index is 431. The fourth-order valence-corrected chi connectivity index (χ4v) is 3.17. The van der Waals surface area contributed by atoms with Crippen LogP contribution in [0.3, 0.4) is 0 Å². The number of hydrogen-bond donors (Lipinski definition) is 1. The van der Waals surface area contributed by atoms with E-state index in [1.165, 1.54) is 11.1 Å². The molecule has 0 bridgehead atoms. The molecular weight excluding hydrogens is 236 g/mol. The molecule has 1 aromatic carbocycles. The Morgan fingerprint density at radius 3 is 2.68 bits per heavy atom. The fourth-order valence-electron chi connectivity index (χ4n) is 3.17. The van der Waals surface area contributed by atoms with Gasteiger partial charge in [0.15, 0.2) is 0 Å². The Kier molecular flexibility index (Phi) is 4.29. The van der Waals surface area contributed by atoms with Gasteiger partial charge >= 0.3 is 0 Å². The van der Waals surface area contributed by atoms with Crippen molar-refractivity contribution in [1.29, 1.82) is 0 Å². The van der Waals surface area contributed by atoms with Crippen LogP contribution < -0.4 is 5.73 Å². The summed E-state index contributed by atoms with van der Waals surface area (Å²) in [6, 6.07) is 8.82. The third kappa shape index (κ3) is 3.35. The number of morpholine rings is 1. The van der Waals surface area contributed by atoms with Gasteiger partial charge in [-0.3, -0.25) is 4.90 Å². The van der Waals surface area contributed by atoms with Crippen LogP contribution in [0.4, 0.5) is 0 Å². The van der Waals surface area contributed by atoms with Gasteiger partial charge in [0.25, 0.3) is 0 Å². The molecule has 3 heteroatoms. The molecule has 1 aliphatic rings. The molecule has 2 N–H and O–H groups in total. The first-order valence-corrected chi connectivity index (χ1v) is 7.10. The minimum Gasteiger partial charge on any atom is -0.370 e. The Balaban J connectivity index is 2.25. The quantitative estimate of drug-likeness (QED) is 0.909. The van der Waals surface area contributed by atoms with E-state index in [1.807, 2.05) is 0 Å². The van der Waals surface area contributed by atoms with Crippen LogP contribution in [0.2, 0.25) is 0 Å². The topological polar surface area (TPSA) is 38.5 Å². The van der Waals surface area contributed by atoms with Gasteiger partial charge in [0.05, 0.1) is 11.7 Å². The molecule has 106 valence electrons. The average molecular weight is 262 g/mol. The summed E-state index contributed by atoms with van der Waals surface area (Å²) in [6.45, 7) is 11.1. The first kappa shape index (κ1) is 14.5. The number of hydrogen-bond acceptors (Lipinski definition) is 3. The van der Waals surface area contributed by atoms with Crippen molar-refractivity contribution < 1.29 is 4.74 Å². The lowest BCUT2D eigenvalue weighted by atomic mass is 9.96. The van der Waals surface area contributed by atoms with E-state index in [9.17, 15) is 0 Å². The Labute approximate surface area is 116 Å². The second kappa shape index (κ2) is 5.61. The summed E-state index contributed by atoms with van der Waals surface area (Å²) in [5, 5.41) is 0. The predicted molar refractivity (Wildman–Crippen MR) is 79.2 cm³/mol. The van der Waals surface area contributed by atoms with Gasteiger partial charge in [0.1, 0.15) is 0 Å². The number of benzene rings is 1. The fraction of sp³-hybridized carbons (Fsp3) is 0.625. The summed E-state index contributed by atoms with van der Waals surface area (Å²) < 4.78 is 5.98. The molecule has 2 unspecified atom stereocenters. The maximum Gasteiger partial charge on any atom is 0.0757 e. The molecule has 0 saturated carbocycles. The molecule has 1 saturated heterocycles. The molecule has 1 aromatic rings. The van der Waals surface area contributed by atoms with Crippen LogP contribution in [0, 0.1) is 6.92 Å². The highest BCUT2D eigenvalue weighted by Crippen LogP contribution is 2.29. The lowest BCUT2D eigenvalue weighted by Crippen LogP contribution is -2.54. The van der Waals surface area contributed by atoms with Crippen molar-refractivity contribution >= 4 is 0 Å². The van der Waals surface area contributed by atoms with Crippen molar-refractivity contribution in [3.8, 4) is 0 Å². The highest BCUT2D eigenvalue weighted by Gasteiger charge is 2.35. The van der Waals surface area contributed by atoms with E-state index in [0.717, 1.165) is 13.1 Å². The third-order valence-corrected chi connectivity index (χ3v) is 3.81. The summed E-state index contributed by atoms with van der Waals surface area (Å²) in [6.07, 6.45) is 0.252. The van der Waals surface area contributed by atoms with E-state index in [0.29, 0.717) is 6.54 Å². The van der Waals surface area contributed by atoms with Crippen LogP contribution in [0.1, 0.15) is 37.9 Å². The van der Waals surface area contributed by atoms with Crippen molar-refractivity contribution in [2.75, 3.05) is 19.6 Å². The zero-order chi connectivity index (χ0) is 14.0. The van der Waals surface area contributed by atoms with Crippen LogP contribution in [0.25, 0.3) is 0 Å². The maximum absolute atomic E-state index is 6.06. The van der Waals surface area contributed by atoms with Gasteiger partial charge < -0.3 is 10.5 Å². The van der Waals surface area contributed by atoms with Gasteiger partial charge in [-0.25, -0.2) is 0 Å². The van der Waals surface area contributed by atoms with Crippen LogP contribution in [-0.4, -0.2) is 36.2 Å². The van der Waals surface area contributed by atoms with E-state index >= 15 is 0 Å². The van der Waals surface area contributed by atoms with Gasteiger partial charge in [-0.2, -0.15) is 0 Å². The van der Waals surface area contributed by atoms with E-state index in [1.54, 1.807) is 0 Å². The molecule has 2 rings (SSSR count). The standard InChI is InChI=1S/C16H26N2O/c1-12-7-5-6-8-14(12)15(9-17)18-10-13(2)19-16(3,4)11-18/h5-8,13,15H,9-11,17H2,1-4H3. The van der Waals surface area contributed by atoms with Gasteiger partial charge in [-0.1, -0.05) is 24.3 Å². The van der Waals surface area contributed by atoms with Gasteiger partial charge in [0.2, 0.25) is 0 Å². The first-order chi connectivity index (χ1) is 8.93. The van der Waals surface area contributed by atoms with Gasteiger partial charge in [-0.15, -0.1) is 0 Å². The number of ether oxygens (including phenoxy) is 1. The van der Waals surface area contributed by atoms with E-state index in [-0.39, 0.29) is 17.7 Å². The number of nitrogens with two attached hydrogens (primary N) is 1. The predicted octanol–water partition coefficient (Wildman–Crippen LogP) is 2.49. The van der Waals surface area contributed by atoms with Crippen molar-refractivity contribution in [2.24, 2.45) is 5.73 Å². The monoisotopic (exact) mass is 262 g/mol. The highest BCUT2D eigenvalue weighted by molar-refractivity contribution is 5.29. The molecule has 1 fully saturated rings. The Hall–Kier alpha value is -0.900. The largest absolute Gasteiger partial charge is 0.370 e. The van der Waals surface area contributed by atoms with Gasteiger partial charge in [-0.05, 0) is 38.8 Å². The zero-order valence-corrected chi connectivity index (χ0v) is 12.5. The molecule has 0 radical (unpaired) electrons. The molecule has 1 aliphatic heterocycles. The average Bonchev–Trinajstić information content (AvgIpc) is 2.30. The lowest BCUT2D eigenvalue weighted by molar-refractivity contribution is -0.137. The summed E-state index contributed by atoms with van der Waals surface area (Å²) in [5.41, 5.74) is 8.61. The molecule has 0 spiro atoms. The normalized spacial score (nSPS) is 25.2. The molecule has 3 nitrogen and oxygen atoms in total. The van der Waals surface area contributed by atoms with Crippen LogP contribution >= 0.6 is 0 Å². The number of rotatable bonds is 3. The van der Waals surface area contributed by atoms with E-state index in [4.69, 9.17) is 10.5 Å². The lowest BCUT2D eigenvalue weighted by Gasteiger charge is -2.45. The Morgan fingerprint density at radius 1 is 1.42 bits per heavy atom. The minimum atomic E-state index is -0.103. The molecule has 2 atom stereocenters. The molecular formula is C16H26N2O. The second-order valence-corrected chi connectivity index (χ2v) is 6.23.